The van der Waals surface area contributed by atoms with Gasteiger partial charge in [-0.15, -0.1) is 0 Å². The fraction of sp³-hybridized carbons (Fsp3) is 0.333. The summed E-state index contributed by atoms with van der Waals surface area (Å²) < 4.78 is 113. The van der Waals surface area contributed by atoms with Gasteiger partial charge in [0.15, 0.2) is 26.6 Å². The Morgan fingerprint density at radius 1 is 0.925 bits per heavy atom. The lowest BCUT2D eigenvalue weighted by molar-refractivity contribution is -0.328. The van der Waals surface area contributed by atoms with E-state index < -0.39 is 70.4 Å². The number of benzene rings is 3. The molecule has 13 heteroatoms. The first-order valence-electron chi connectivity index (χ1n) is 12.0. The minimum Gasteiger partial charge on any atom is -0.493 e. The SMILES string of the molecule is CC1(c2ccc([S+](c3ccccc3)c3ccc(OCCC(F)C(F)(F)S(=O)(=O)O)cc3)cc2)OCC(F)(F)CO1. The van der Waals surface area contributed by atoms with Crippen molar-refractivity contribution in [1.29, 1.82) is 0 Å². The van der Waals surface area contributed by atoms with Crippen LogP contribution in [0.5, 0.6) is 5.75 Å². The van der Waals surface area contributed by atoms with E-state index in [0.717, 1.165) is 14.7 Å². The van der Waals surface area contributed by atoms with Crippen molar-refractivity contribution in [3.05, 3.63) is 84.4 Å². The lowest BCUT2D eigenvalue weighted by atomic mass is 10.1. The van der Waals surface area contributed by atoms with E-state index in [9.17, 15) is 30.4 Å². The maximum atomic E-state index is 13.7. The van der Waals surface area contributed by atoms with Crippen LogP contribution in [0.2, 0.25) is 0 Å². The average molecular weight is 606 g/mol. The summed E-state index contributed by atoms with van der Waals surface area (Å²) in [7, 11) is -6.50. The first-order chi connectivity index (χ1) is 18.7. The number of hydrogen-bond donors (Lipinski definition) is 1. The van der Waals surface area contributed by atoms with Crippen LogP contribution < -0.4 is 4.74 Å². The van der Waals surface area contributed by atoms with Crippen LogP contribution in [0.15, 0.2) is 93.5 Å². The molecule has 1 N–H and O–H groups in total. The van der Waals surface area contributed by atoms with Gasteiger partial charge in [0.05, 0.1) is 17.5 Å². The van der Waals surface area contributed by atoms with Crippen LogP contribution in [-0.2, 0) is 36.3 Å². The Bertz CT molecular complexity index is 1380. The first kappa shape index (κ1) is 30.3. The van der Waals surface area contributed by atoms with Crippen LogP contribution in [0.1, 0.15) is 18.9 Å². The summed E-state index contributed by atoms with van der Waals surface area (Å²) in [5.74, 6) is -4.11. The monoisotopic (exact) mass is 605 g/mol. The van der Waals surface area contributed by atoms with Gasteiger partial charge in [0.2, 0.25) is 0 Å². The molecule has 2 unspecified atom stereocenters. The lowest BCUT2D eigenvalue weighted by Crippen LogP contribution is -2.46. The van der Waals surface area contributed by atoms with Gasteiger partial charge < -0.3 is 14.2 Å². The molecule has 1 saturated heterocycles. The van der Waals surface area contributed by atoms with Crippen molar-refractivity contribution in [3.8, 4) is 5.75 Å². The fourth-order valence-electron chi connectivity index (χ4n) is 3.88. The lowest BCUT2D eigenvalue weighted by Gasteiger charge is -2.37. The molecule has 0 radical (unpaired) electrons. The molecule has 216 valence electrons. The van der Waals surface area contributed by atoms with Gasteiger partial charge in [0.1, 0.15) is 19.0 Å². The molecule has 1 fully saturated rings. The van der Waals surface area contributed by atoms with Gasteiger partial charge in [-0.05, 0) is 67.6 Å². The minimum atomic E-state index is -5.89. The zero-order valence-corrected chi connectivity index (χ0v) is 22.7. The Kier molecular flexibility index (Phi) is 8.81. The molecule has 0 aromatic heterocycles. The number of rotatable bonds is 10. The predicted octanol–water partition coefficient (Wildman–Crippen LogP) is 6.22. The molecule has 0 amide bonds. The molecule has 3 aromatic carbocycles. The van der Waals surface area contributed by atoms with Crippen LogP contribution >= 0.6 is 0 Å². The molecule has 1 heterocycles. The summed E-state index contributed by atoms with van der Waals surface area (Å²) in [6, 6.07) is 23.5. The Labute approximate surface area is 231 Å². The molecule has 6 nitrogen and oxygen atoms in total. The Morgan fingerprint density at radius 3 is 1.95 bits per heavy atom. The second-order valence-corrected chi connectivity index (χ2v) is 12.7. The van der Waals surface area contributed by atoms with Crippen LogP contribution in [0.4, 0.5) is 22.0 Å². The normalized spacial score (nSPS) is 18.6. The summed E-state index contributed by atoms with van der Waals surface area (Å²) in [6.07, 6.45) is -4.10. The molecular weight excluding hydrogens is 579 g/mol. The van der Waals surface area contributed by atoms with Crippen molar-refractivity contribution in [2.24, 2.45) is 0 Å². The van der Waals surface area contributed by atoms with Crippen LogP contribution in [0, 0.1) is 0 Å². The highest BCUT2D eigenvalue weighted by Crippen LogP contribution is 2.38. The summed E-state index contributed by atoms with van der Waals surface area (Å²) in [5.41, 5.74) is 0.581. The molecular formula is C27H26F5O6S2+. The fourth-order valence-corrected chi connectivity index (χ4v) is 6.38. The molecule has 40 heavy (non-hydrogen) atoms. The van der Waals surface area contributed by atoms with E-state index in [1.165, 1.54) is 0 Å². The summed E-state index contributed by atoms with van der Waals surface area (Å²) in [5, 5.41) is -4.93. The highest BCUT2D eigenvalue weighted by molar-refractivity contribution is 7.97. The first-order valence-corrected chi connectivity index (χ1v) is 14.7. The average Bonchev–Trinajstić information content (AvgIpc) is 2.92. The quantitative estimate of drug-likeness (QED) is 0.168. The zero-order chi connectivity index (χ0) is 29.2. The van der Waals surface area contributed by atoms with E-state index in [0.29, 0.717) is 5.56 Å². The number of hydrogen-bond acceptors (Lipinski definition) is 5. The van der Waals surface area contributed by atoms with Gasteiger partial charge in [0.25, 0.3) is 5.92 Å². The topological polar surface area (TPSA) is 82.1 Å². The molecule has 0 saturated carbocycles. The molecule has 4 rings (SSSR count). The van der Waals surface area contributed by atoms with Gasteiger partial charge in [-0.25, -0.2) is 13.2 Å². The zero-order valence-electron chi connectivity index (χ0n) is 21.1. The molecule has 0 spiro atoms. The molecule has 0 bridgehead atoms. The van der Waals surface area contributed by atoms with Crippen molar-refractivity contribution in [3.63, 3.8) is 0 Å². The van der Waals surface area contributed by atoms with E-state index in [2.05, 4.69) is 0 Å². The molecule has 1 aliphatic heterocycles. The standard InChI is InChI=1S/C27H25F5O6S2/c1-25(37-17-26(29,30)18-38-25)19-7-11-22(12-8-19)39(21-5-3-2-4-6-21)23-13-9-20(10-14-23)36-16-15-24(28)27(31,32)40(33,34)35/h2-14,24H,15-18H2,1H3/p+1. The van der Waals surface area contributed by atoms with Gasteiger partial charge in [0, 0.05) is 12.0 Å². The third kappa shape index (κ3) is 6.77. The highest BCUT2D eigenvalue weighted by atomic mass is 32.2. The predicted molar refractivity (Wildman–Crippen MR) is 137 cm³/mol. The van der Waals surface area contributed by atoms with Crippen LogP contribution in [0.3, 0.4) is 0 Å². The molecule has 3 aromatic rings. The van der Waals surface area contributed by atoms with E-state index in [-0.39, 0.29) is 5.75 Å². The van der Waals surface area contributed by atoms with E-state index in [4.69, 9.17) is 18.8 Å². The number of halogens is 5. The molecule has 2 atom stereocenters. The van der Waals surface area contributed by atoms with Crippen molar-refractivity contribution in [1.82, 2.24) is 0 Å². The van der Waals surface area contributed by atoms with E-state index in [1.807, 2.05) is 42.5 Å². The van der Waals surface area contributed by atoms with Gasteiger partial charge in [-0.2, -0.15) is 17.2 Å². The Morgan fingerprint density at radius 2 is 1.43 bits per heavy atom. The van der Waals surface area contributed by atoms with Crippen molar-refractivity contribution in [2.45, 2.75) is 51.2 Å². The van der Waals surface area contributed by atoms with Gasteiger partial charge >= 0.3 is 15.4 Å². The smallest absolute Gasteiger partial charge is 0.400 e. The van der Waals surface area contributed by atoms with Crippen molar-refractivity contribution < 1.29 is 49.1 Å². The largest absolute Gasteiger partial charge is 0.493 e. The van der Waals surface area contributed by atoms with Crippen molar-refractivity contribution in [2.75, 3.05) is 19.8 Å². The Hall–Kier alpha value is -2.71. The summed E-state index contributed by atoms with van der Waals surface area (Å²) in [6.45, 7) is -0.458. The second kappa shape index (κ2) is 11.6. The molecule has 0 aliphatic carbocycles. The van der Waals surface area contributed by atoms with Crippen LogP contribution in [-0.4, -0.2) is 50.1 Å². The van der Waals surface area contributed by atoms with Gasteiger partial charge in [-0.3, -0.25) is 4.55 Å². The minimum absolute atomic E-state index is 0.245. The highest BCUT2D eigenvalue weighted by Gasteiger charge is 2.52. The maximum absolute atomic E-state index is 13.7. The molecule has 1 aliphatic rings. The summed E-state index contributed by atoms with van der Waals surface area (Å²) in [4.78, 5) is 2.75. The Balaban J connectivity index is 1.50. The third-order valence-corrected chi connectivity index (χ3v) is 9.29. The summed E-state index contributed by atoms with van der Waals surface area (Å²) >= 11 is 0. The van der Waals surface area contributed by atoms with Crippen molar-refractivity contribution >= 4 is 21.0 Å². The number of ether oxygens (including phenoxy) is 3. The van der Waals surface area contributed by atoms with Crippen LogP contribution in [0.25, 0.3) is 0 Å². The second-order valence-electron chi connectivity index (χ2n) is 9.14. The number of alkyl halides is 5. The van der Waals surface area contributed by atoms with Gasteiger partial charge in [-0.1, -0.05) is 18.2 Å². The maximum Gasteiger partial charge on any atom is 0.400 e. The van der Waals surface area contributed by atoms with E-state index in [1.54, 1.807) is 43.3 Å². The van der Waals surface area contributed by atoms with E-state index >= 15 is 0 Å². The third-order valence-electron chi connectivity index (χ3n) is 6.12.